The van der Waals surface area contributed by atoms with Crippen LogP contribution in [0.4, 0.5) is 13.2 Å². The minimum atomic E-state index is -1.31. The van der Waals surface area contributed by atoms with Gasteiger partial charge in [-0.25, -0.2) is 13.8 Å². The molecule has 0 spiro atoms. The molecule has 23 heavy (non-hydrogen) atoms. The van der Waals surface area contributed by atoms with Gasteiger partial charge >= 0.3 is 0 Å². The van der Waals surface area contributed by atoms with Gasteiger partial charge in [0.15, 0.2) is 22.1 Å². The van der Waals surface area contributed by atoms with E-state index in [0.717, 1.165) is 6.92 Å². The van der Waals surface area contributed by atoms with E-state index in [1.807, 2.05) is 0 Å². The van der Waals surface area contributed by atoms with Crippen LogP contribution >= 0.6 is 0 Å². The zero-order valence-electron chi connectivity index (χ0n) is 12.3. The predicted octanol–water partition coefficient (Wildman–Crippen LogP) is 4.35. The molecule has 3 nitrogen and oxygen atoms in total. The summed E-state index contributed by atoms with van der Waals surface area (Å²) in [6, 6.07) is 6.58. The molecule has 0 aliphatic rings. The number of hydrogen-bond donors (Lipinski definition) is 0. The maximum absolute atomic E-state index is 14.1. The molecule has 0 saturated heterocycles. The molecule has 1 unspecified atom stereocenters. The summed E-state index contributed by atoms with van der Waals surface area (Å²) in [4.78, 5) is 4.38. The lowest BCUT2D eigenvalue weighted by atomic mass is 10.2. The Hall–Kier alpha value is -1.99. The van der Waals surface area contributed by atoms with E-state index in [2.05, 4.69) is 4.98 Å². The Morgan fingerprint density at radius 3 is 2.52 bits per heavy atom. The van der Waals surface area contributed by atoms with Gasteiger partial charge in [-0.05, 0) is 37.2 Å². The second-order valence-electron chi connectivity index (χ2n) is 4.89. The highest BCUT2D eigenvalue weighted by Gasteiger charge is 2.25. The molecule has 120 valence electrons. The van der Waals surface area contributed by atoms with Crippen molar-refractivity contribution < 1.29 is 22.1 Å². The molecule has 1 atom stereocenters. The normalized spacial score (nSPS) is 12.8. The zero-order chi connectivity index (χ0) is 16.7. The lowest BCUT2D eigenvalue weighted by Crippen LogP contribution is -2.05. The molecule has 0 aliphatic carbocycles. The first kappa shape index (κ1) is 15.9. The standard InChI is InChI=1S/C16H12F3NO2S/c1-3-23(21)10-7-5-4-6-9(10)16-20-14-12(18)8(2)11(17)13(19)15(14)22-16/h4-7H,3H2,1-2H3. The Bertz CT molecular complexity index is 850. The van der Waals surface area contributed by atoms with Crippen molar-refractivity contribution in [2.75, 3.05) is 5.75 Å². The summed E-state index contributed by atoms with van der Waals surface area (Å²) in [5.41, 5.74) is -1.06. The van der Waals surface area contributed by atoms with E-state index < -0.39 is 39.8 Å². The van der Waals surface area contributed by atoms with Crippen LogP contribution in [0.25, 0.3) is 22.6 Å². The third-order valence-electron chi connectivity index (χ3n) is 3.51. The molecule has 1 heterocycles. The van der Waals surface area contributed by atoms with Gasteiger partial charge < -0.3 is 8.97 Å². The van der Waals surface area contributed by atoms with E-state index >= 15 is 0 Å². The number of fused-ring (bicyclic) bond motifs is 1. The Morgan fingerprint density at radius 2 is 1.83 bits per heavy atom. The Morgan fingerprint density at radius 1 is 1.13 bits per heavy atom. The number of hydrogen-bond acceptors (Lipinski definition) is 3. The molecule has 0 fully saturated rings. The summed E-state index contributed by atoms with van der Waals surface area (Å²) in [5, 5.41) is 0. The van der Waals surface area contributed by atoms with Gasteiger partial charge in [0.2, 0.25) is 11.7 Å². The van der Waals surface area contributed by atoms with Crippen molar-refractivity contribution in [3.8, 4) is 11.5 Å². The molecule has 0 aliphatic heterocycles. The van der Waals surface area contributed by atoms with Crippen LogP contribution in [-0.2, 0) is 11.2 Å². The van der Waals surface area contributed by atoms with Crippen molar-refractivity contribution in [3.63, 3.8) is 0 Å². The van der Waals surface area contributed by atoms with Crippen molar-refractivity contribution in [2.45, 2.75) is 18.7 Å². The van der Waals surface area contributed by atoms with Crippen molar-refractivity contribution >= 4 is 22.3 Å². The van der Waals surface area contributed by atoms with Crippen molar-refractivity contribution in [2.24, 2.45) is 0 Å². The number of rotatable bonds is 3. The van der Waals surface area contributed by atoms with Crippen LogP contribution in [0.2, 0.25) is 0 Å². The Kier molecular flexibility index (Phi) is 4.08. The monoisotopic (exact) mass is 339 g/mol. The molecule has 3 aromatic rings. The summed E-state index contributed by atoms with van der Waals surface area (Å²) in [6.07, 6.45) is 0. The maximum atomic E-state index is 14.1. The highest BCUT2D eigenvalue weighted by Crippen LogP contribution is 2.33. The molecule has 3 rings (SSSR count). The molecule has 1 aromatic heterocycles. The lowest BCUT2D eigenvalue weighted by molar-refractivity contribution is 0.478. The van der Waals surface area contributed by atoms with Crippen LogP contribution < -0.4 is 0 Å². The van der Waals surface area contributed by atoms with Gasteiger partial charge in [0.25, 0.3) is 0 Å². The van der Waals surface area contributed by atoms with E-state index in [0.29, 0.717) is 16.2 Å². The molecule has 0 N–H and O–H groups in total. The maximum Gasteiger partial charge on any atom is 0.232 e. The summed E-state index contributed by atoms with van der Waals surface area (Å²) in [5.74, 6) is -3.29. The first-order chi connectivity index (χ1) is 11.0. The van der Waals surface area contributed by atoms with E-state index in [1.165, 1.54) is 0 Å². The predicted molar refractivity (Wildman–Crippen MR) is 81.0 cm³/mol. The number of aromatic nitrogens is 1. The summed E-state index contributed by atoms with van der Waals surface area (Å²) >= 11 is -1.31. The Labute approximate surface area is 133 Å². The van der Waals surface area contributed by atoms with Crippen molar-refractivity contribution in [3.05, 3.63) is 47.3 Å². The average Bonchev–Trinajstić information content (AvgIpc) is 3.02. The largest absolute Gasteiger partial charge is 0.611 e. The average molecular weight is 339 g/mol. The number of benzene rings is 2. The summed E-state index contributed by atoms with van der Waals surface area (Å²) < 4.78 is 59.0. The first-order valence-corrected chi connectivity index (χ1v) is 8.19. The molecule has 7 heteroatoms. The van der Waals surface area contributed by atoms with Gasteiger partial charge in [-0.2, -0.15) is 4.39 Å². The number of halogens is 3. The smallest absolute Gasteiger partial charge is 0.232 e. The minimum Gasteiger partial charge on any atom is -0.611 e. The van der Waals surface area contributed by atoms with Gasteiger partial charge in [-0.1, -0.05) is 12.1 Å². The molecule has 0 bridgehead atoms. The second-order valence-corrected chi connectivity index (χ2v) is 6.60. The third-order valence-corrected chi connectivity index (χ3v) is 4.88. The van der Waals surface area contributed by atoms with Crippen LogP contribution in [0.1, 0.15) is 12.5 Å². The third kappa shape index (κ3) is 2.49. The molecular weight excluding hydrogens is 327 g/mol. The van der Waals surface area contributed by atoms with Crippen LogP contribution in [0.3, 0.4) is 0 Å². The van der Waals surface area contributed by atoms with Gasteiger partial charge in [0, 0.05) is 5.56 Å². The SMILES string of the molecule is CC[S+]([O-])c1ccccc1-c1nc2c(F)c(C)c(F)c(F)c2o1. The van der Waals surface area contributed by atoms with Crippen molar-refractivity contribution in [1.82, 2.24) is 4.98 Å². The van der Waals surface area contributed by atoms with Crippen LogP contribution in [0.5, 0.6) is 0 Å². The molecule has 2 aromatic carbocycles. The topological polar surface area (TPSA) is 49.1 Å². The highest BCUT2D eigenvalue weighted by atomic mass is 32.2. The van der Waals surface area contributed by atoms with E-state index in [9.17, 15) is 17.7 Å². The van der Waals surface area contributed by atoms with Gasteiger partial charge in [-0.3, -0.25) is 0 Å². The highest BCUT2D eigenvalue weighted by molar-refractivity contribution is 7.91. The summed E-state index contributed by atoms with van der Waals surface area (Å²) in [6.45, 7) is 2.87. The molecule has 0 radical (unpaired) electrons. The van der Waals surface area contributed by atoms with Crippen LogP contribution in [0.15, 0.2) is 33.6 Å². The van der Waals surface area contributed by atoms with E-state index in [4.69, 9.17) is 4.42 Å². The zero-order valence-corrected chi connectivity index (χ0v) is 13.1. The molecular formula is C16H12F3NO2S. The van der Waals surface area contributed by atoms with Gasteiger partial charge in [0.05, 0.1) is 5.56 Å². The number of oxazole rings is 1. The quantitative estimate of drug-likeness (QED) is 0.526. The Balaban J connectivity index is 2.28. The molecule has 0 amide bonds. The van der Waals surface area contributed by atoms with Crippen LogP contribution in [0, 0.1) is 24.4 Å². The fourth-order valence-electron chi connectivity index (χ4n) is 2.27. The minimum absolute atomic E-state index is 0.0970. The van der Waals surface area contributed by atoms with Gasteiger partial charge in [-0.15, -0.1) is 0 Å². The fraction of sp³-hybridized carbons (Fsp3) is 0.188. The van der Waals surface area contributed by atoms with Gasteiger partial charge in [0.1, 0.15) is 11.3 Å². The van der Waals surface area contributed by atoms with Crippen LogP contribution in [-0.4, -0.2) is 15.3 Å². The molecule has 0 saturated carbocycles. The van der Waals surface area contributed by atoms with E-state index in [-0.39, 0.29) is 11.4 Å². The fourth-order valence-corrected chi connectivity index (χ4v) is 3.21. The van der Waals surface area contributed by atoms with Crippen molar-refractivity contribution in [1.29, 1.82) is 0 Å². The lowest BCUT2D eigenvalue weighted by Gasteiger charge is -2.10. The summed E-state index contributed by atoms with van der Waals surface area (Å²) in [7, 11) is 0. The second kappa shape index (κ2) is 5.90. The number of nitrogens with zero attached hydrogens (tertiary/aromatic N) is 1. The van der Waals surface area contributed by atoms with E-state index in [1.54, 1.807) is 31.2 Å². The first-order valence-electron chi connectivity index (χ1n) is 6.87.